The van der Waals surface area contributed by atoms with Crippen LogP contribution >= 0.6 is 23.1 Å². The van der Waals surface area contributed by atoms with Crippen LogP contribution in [0.4, 0.5) is 0 Å². The van der Waals surface area contributed by atoms with E-state index in [1.54, 1.807) is 12.1 Å². The topological polar surface area (TPSA) is 53.0 Å². The highest BCUT2D eigenvalue weighted by Gasteiger charge is 2.16. The van der Waals surface area contributed by atoms with E-state index in [1.807, 2.05) is 42.5 Å². The lowest BCUT2D eigenvalue weighted by Crippen LogP contribution is -2.27. The molecule has 0 aliphatic carbocycles. The van der Waals surface area contributed by atoms with Crippen molar-refractivity contribution in [2.45, 2.75) is 9.59 Å². The number of para-hydroxylation sites is 1. The summed E-state index contributed by atoms with van der Waals surface area (Å²) in [5.74, 6) is -1.10. The smallest absolute Gasteiger partial charge is 0.152 e. The van der Waals surface area contributed by atoms with E-state index in [2.05, 4.69) is 4.98 Å². The lowest BCUT2D eigenvalue weighted by atomic mass is 10.1. The van der Waals surface area contributed by atoms with Gasteiger partial charge < -0.3 is 9.90 Å². The first-order valence-electron chi connectivity index (χ1n) is 6.02. The predicted molar refractivity (Wildman–Crippen MR) is 79.7 cm³/mol. The number of carboxylic acid groups (broad SMARTS) is 1. The number of hydrogen-bond donors (Lipinski definition) is 0. The summed E-state index contributed by atoms with van der Waals surface area (Å²) in [6.07, 6.45) is 0. The maximum Gasteiger partial charge on any atom is 0.152 e. The summed E-state index contributed by atoms with van der Waals surface area (Å²) in [4.78, 5) is 15.8. The van der Waals surface area contributed by atoms with Gasteiger partial charge in [-0.1, -0.05) is 54.2 Å². The molecular formula is C15H10NO2S2-. The number of hydrogen-bond acceptors (Lipinski definition) is 5. The second-order valence-corrected chi connectivity index (χ2v) is 6.56. The molecule has 3 aromatic rings. The van der Waals surface area contributed by atoms with E-state index in [0.29, 0.717) is 0 Å². The van der Waals surface area contributed by atoms with E-state index in [0.717, 1.165) is 20.1 Å². The van der Waals surface area contributed by atoms with Gasteiger partial charge in [0.25, 0.3) is 0 Å². The number of thiazole rings is 1. The first kappa shape index (κ1) is 13.1. The fourth-order valence-electron chi connectivity index (χ4n) is 1.88. The average molecular weight is 300 g/mol. The molecule has 100 valence electrons. The van der Waals surface area contributed by atoms with E-state index in [-0.39, 0.29) is 0 Å². The van der Waals surface area contributed by atoms with Crippen LogP contribution in [0.25, 0.3) is 10.2 Å². The van der Waals surface area contributed by atoms with Crippen LogP contribution in [0.15, 0.2) is 58.9 Å². The predicted octanol–water partition coefficient (Wildman–Crippen LogP) is 2.88. The van der Waals surface area contributed by atoms with Gasteiger partial charge >= 0.3 is 0 Å². The van der Waals surface area contributed by atoms with Gasteiger partial charge in [-0.3, -0.25) is 0 Å². The highest BCUT2D eigenvalue weighted by Crippen LogP contribution is 2.38. The quantitative estimate of drug-likeness (QED) is 0.695. The minimum Gasteiger partial charge on any atom is -0.549 e. The van der Waals surface area contributed by atoms with Gasteiger partial charge in [-0.2, -0.15) is 0 Å². The molecule has 3 rings (SSSR count). The Bertz CT molecular complexity index is 707. The third kappa shape index (κ3) is 2.69. The summed E-state index contributed by atoms with van der Waals surface area (Å²) in [6.45, 7) is 0. The van der Waals surface area contributed by atoms with Gasteiger partial charge in [-0.15, -0.1) is 11.3 Å². The molecule has 0 fully saturated rings. The first-order chi connectivity index (χ1) is 9.74. The zero-order valence-corrected chi connectivity index (χ0v) is 12.0. The highest BCUT2D eigenvalue weighted by molar-refractivity contribution is 8.02. The van der Waals surface area contributed by atoms with Crippen LogP contribution in [0.2, 0.25) is 0 Å². The molecule has 0 saturated carbocycles. The lowest BCUT2D eigenvalue weighted by Gasteiger charge is -2.16. The van der Waals surface area contributed by atoms with Crippen LogP contribution in [0.1, 0.15) is 10.8 Å². The van der Waals surface area contributed by atoms with Gasteiger partial charge in [0.15, 0.2) is 4.34 Å². The summed E-state index contributed by atoms with van der Waals surface area (Å²) < 4.78 is 1.80. The van der Waals surface area contributed by atoms with E-state index < -0.39 is 11.2 Å². The van der Waals surface area contributed by atoms with Crippen molar-refractivity contribution in [1.82, 2.24) is 4.98 Å². The molecule has 2 aromatic carbocycles. The van der Waals surface area contributed by atoms with Crippen LogP contribution in [0.3, 0.4) is 0 Å². The van der Waals surface area contributed by atoms with Gasteiger partial charge in [-0.05, 0) is 17.7 Å². The molecule has 0 spiro atoms. The second kappa shape index (κ2) is 5.64. The van der Waals surface area contributed by atoms with Crippen LogP contribution < -0.4 is 5.11 Å². The maximum atomic E-state index is 11.4. The Morgan fingerprint density at radius 1 is 1.10 bits per heavy atom. The molecule has 0 N–H and O–H groups in total. The molecule has 1 aromatic heterocycles. The number of aliphatic carboxylic acids is 1. The molecular weight excluding hydrogens is 290 g/mol. The largest absolute Gasteiger partial charge is 0.549 e. The number of rotatable bonds is 4. The Balaban J connectivity index is 1.92. The molecule has 0 aliphatic heterocycles. The Kier molecular flexibility index (Phi) is 3.71. The van der Waals surface area contributed by atoms with Crippen LogP contribution in [0.5, 0.6) is 0 Å². The number of thioether (sulfide) groups is 1. The second-order valence-electron chi connectivity index (χ2n) is 4.18. The molecule has 1 heterocycles. The summed E-state index contributed by atoms with van der Waals surface area (Å²) >= 11 is 2.72. The number of carbonyl (C=O) groups excluding carboxylic acids is 1. The van der Waals surface area contributed by atoms with Crippen LogP contribution in [-0.4, -0.2) is 11.0 Å². The fourth-order valence-corrected chi connectivity index (χ4v) is 4.07. The maximum absolute atomic E-state index is 11.4. The number of carbonyl (C=O) groups is 1. The summed E-state index contributed by atoms with van der Waals surface area (Å²) in [5.41, 5.74) is 1.61. The summed E-state index contributed by atoms with van der Waals surface area (Å²) in [6, 6.07) is 16.9. The molecule has 0 amide bonds. The number of carboxylic acids is 1. The minimum atomic E-state index is -1.10. The Morgan fingerprint density at radius 3 is 2.50 bits per heavy atom. The van der Waals surface area contributed by atoms with Crippen molar-refractivity contribution in [2.75, 3.05) is 0 Å². The lowest BCUT2D eigenvalue weighted by molar-refractivity contribution is -0.305. The van der Waals surface area contributed by atoms with Gasteiger partial charge in [0.05, 0.1) is 21.4 Å². The summed E-state index contributed by atoms with van der Waals surface area (Å²) in [7, 11) is 0. The third-order valence-electron chi connectivity index (χ3n) is 2.81. The van der Waals surface area contributed by atoms with Crippen molar-refractivity contribution in [3.8, 4) is 0 Å². The fraction of sp³-hybridized carbons (Fsp3) is 0.0667. The monoisotopic (exact) mass is 300 g/mol. The molecule has 20 heavy (non-hydrogen) atoms. The molecule has 0 saturated heterocycles. The van der Waals surface area contributed by atoms with Crippen LogP contribution in [0, 0.1) is 0 Å². The van der Waals surface area contributed by atoms with Gasteiger partial charge in [0.2, 0.25) is 0 Å². The van der Waals surface area contributed by atoms with Crippen molar-refractivity contribution < 1.29 is 9.90 Å². The number of fused-ring (bicyclic) bond motifs is 1. The number of benzene rings is 2. The Labute approximate surface area is 124 Å². The highest BCUT2D eigenvalue weighted by atomic mass is 32.2. The molecule has 0 bridgehead atoms. The van der Waals surface area contributed by atoms with Crippen molar-refractivity contribution in [2.24, 2.45) is 0 Å². The molecule has 0 aliphatic rings. The Morgan fingerprint density at radius 2 is 1.80 bits per heavy atom. The average Bonchev–Trinajstić information content (AvgIpc) is 2.88. The van der Waals surface area contributed by atoms with Gasteiger partial charge in [0.1, 0.15) is 0 Å². The number of nitrogens with zero attached hydrogens (tertiary/aromatic N) is 1. The van der Waals surface area contributed by atoms with E-state index >= 15 is 0 Å². The zero-order chi connectivity index (χ0) is 13.9. The molecule has 0 radical (unpaired) electrons. The van der Waals surface area contributed by atoms with Crippen molar-refractivity contribution in [3.63, 3.8) is 0 Å². The van der Waals surface area contributed by atoms with E-state index in [1.165, 1.54) is 23.1 Å². The number of aromatic nitrogens is 1. The SMILES string of the molecule is O=C([O-])C(Sc1nc2ccccc2s1)c1ccccc1. The normalized spacial score (nSPS) is 12.4. The zero-order valence-electron chi connectivity index (χ0n) is 10.4. The van der Waals surface area contributed by atoms with Gasteiger partial charge in [0, 0.05) is 0 Å². The van der Waals surface area contributed by atoms with Crippen LogP contribution in [-0.2, 0) is 4.79 Å². The minimum absolute atomic E-state index is 0.719. The summed E-state index contributed by atoms with van der Waals surface area (Å²) in [5, 5.41) is 10.6. The molecule has 5 heteroatoms. The molecule has 1 unspecified atom stereocenters. The standard InChI is InChI=1S/C15H11NO2S2/c17-14(18)13(10-6-2-1-3-7-10)20-15-16-11-8-4-5-9-12(11)19-15/h1-9,13H,(H,17,18)/p-1. The van der Waals surface area contributed by atoms with Gasteiger partial charge in [-0.25, -0.2) is 4.98 Å². The Hall–Kier alpha value is -1.85. The molecule has 3 nitrogen and oxygen atoms in total. The third-order valence-corrected chi connectivity index (χ3v) is 5.17. The van der Waals surface area contributed by atoms with E-state index in [9.17, 15) is 9.90 Å². The van der Waals surface area contributed by atoms with Crippen molar-refractivity contribution >= 4 is 39.3 Å². The molecule has 1 atom stereocenters. The van der Waals surface area contributed by atoms with Crippen molar-refractivity contribution in [3.05, 3.63) is 60.2 Å². The van der Waals surface area contributed by atoms with Crippen molar-refractivity contribution in [1.29, 1.82) is 0 Å². The first-order valence-corrected chi connectivity index (χ1v) is 7.72. The van der Waals surface area contributed by atoms with E-state index in [4.69, 9.17) is 0 Å².